The lowest BCUT2D eigenvalue weighted by Gasteiger charge is -2.06. The molecule has 0 radical (unpaired) electrons. The Balaban J connectivity index is 2.37. The summed E-state index contributed by atoms with van der Waals surface area (Å²) in [6, 6.07) is 13.0. The highest BCUT2D eigenvalue weighted by molar-refractivity contribution is 5.43. The van der Waals surface area contributed by atoms with Gasteiger partial charge in [0.25, 0.3) is 0 Å². The molecule has 0 amide bonds. The Morgan fingerprint density at radius 3 is 2.47 bits per heavy atom. The lowest BCUT2D eigenvalue weighted by atomic mass is 9.98. The van der Waals surface area contributed by atoms with Crippen LogP contribution in [0.5, 0.6) is 0 Å². The molecule has 0 aliphatic carbocycles. The van der Waals surface area contributed by atoms with Crippen LogP contribution in [0, 0.1) is 11.3 Å². The summed E-state index contributed by atoms with van der Waals surface area (Å²) in [6.07, 6.45) is 1.57. The highest BCUT2D eigenvalue weighted by atomic mass is 16.3. The van der Waals surface area contributed by atoms with Crippen molar-refractivity contribution >= 4 is 5.69 Å². The Kier molecular flexibility index (Phi) is 2.42. The first-order valence-corrected chi connectivity index (χ1v) is 4.59. The van der Waals surface area contributed by atoms with Crippen molar-refractivity contribution in [2.24, 2.45) is 0 Å². The molecule has 0 fully saturated rings. The Morgan fingerprint density at radius 1 is 1.20 bits per heavy atom. The molecule has 15 heavy (non-hydrogen) atoms. The van der Waals surface area contributed by atoms with Crippen molar-refractivity contribution in [3.05, 3.63) is 54.0 Å². The Bertz CT molecular complexity index is 465. The molecule has 0 saturated heterocycles. The Hall–Kier alpha value is -2.21. The van der Waals surface area contributed by atoms with E-state index in [1.807, 2.05) is 12.1 Å². The van der Waals surface area contributed by atoms with Crippen molar-refractivity contribution in [3.63, 3.8) is 0 Å². The molecular formula is C12H10N2O. The predicted molar refractivity (Wildman–Crippen MR) is 57.0 cm³/mol. The maximum absolute atomic E-state index is 9.08. The molecule has 74 valence electrons. The van der Waals surface area contributed by atoms with Gasteiger partial charge in [-0.3, -0.25) is 0 Å². The number of anilines is 1. The van der Waals surface area contributed by atoms with Gasteiger partial charge in [-0.05, 0) is 29.8 Å². The third kappa shape index (κ3) is 1.84. The second-order valence-electron chi connectivity index (χ2n) is 3.24. The summed E-state index contributed by atoms with van der Waals surface area (Å²) in [5, 5.41) is 9.08. The van der Waals surface area contributed by atoms with E-state index >= 15 is 0 Å². The van der Waals surface area contributed by atoms with Crippen LogP contribution in [0.1, 0.15) is 17.2 Å². The van der Waals surface area contributed by atoms with Gasteiger partial charge in [-0.25, -0.2) is 0 Å². The van der Waals surface area contributed by atoms with Crippen molar-refractivity contribution in [3.8, 4) is 6.07 Å². The number of nitrogens with zero attached hydrogens (tertiary/aromatic N) is 1. The van der Waals surface area contributed by atoms with Crippen molar-refractivity contribution in [1.29, 1.82) is 5.26 Å². The van der Waals surface area contributed by atoms with Crippen molar-refractivity contribution in [1.82, 2.24) is 0 Å². The zero-order valence-corrected chi connectivity index (χ0v) is 8.05. The van der Waals surface area contributed by atoms with Crippen LogP contribution in [0.2, 0.25) is 0 Å². The van der Waals surface area contributed by atoms with E-state index < -0.39 is 0 Å². The van der Waals surface area contributed by atoms with Gasteiger partial charge in [-0.2, -0.15) is 5.26 Å². The van der Waals surface area contributed by atoms with Crippen molar-refractivity contribution in [2.75, 3.05) is 5.73 Å². The maximum atomic E-state index is 9.08. The minimum atomic E-state index is -0.361. The number of benzene rings is 1. The predicted octanol–water partition coefficient (Wildman–Crippen LogP) is 2.52. The molecule has 1 aromatic heterocycles. The maximum Gasteiger partial charge on any atom is 0.129 e. The van der Waals surface area contributed by atoms with Crippen LogP contribution in [0.4, 0.5) is 5.69 Å². The summed E-state index contributed by atoms with van der Waals surface area (Å²) in [7, 11) is 0. The number of nitrogens with two attached hydrogens (primary N) is 1. The molecule has 1 heterocycles. The normalized spacial score (nSPS) is 11.9. The molecular weight excluding hydrogens is 188 g/mol. The molecule has 0 spiro atoms. The highest BCUT2D eigenvalue weighted by Gasteiger charge is 2.15. The number of nitriles is 1. The first kappa shape index (κ1) is 9.35. The quantitative estimate of drug-likeness (QED) is 0.754. The summed E-state index contributed by atoms with van der Waals surface area (Å²) in [4.78, 5) is 0. The van der Waals surface area contributed by atoms with E-state index in [1.54, 1.807) is 30.5 Å². The molecule has 1 unspecified atom stereocenters. The number of rotatable bonds is 2. The van der Waals surface area contributed by atoms with E-state index in [1.165, 1.54) is 0 Å². The fraction of sp³-hybridized carbons (Fsp3) is 0.0833. The molecule has 0 aliphatic heterocycles. The van der Waals surface area contributed by atoms with Gasteiger partial charge in [-0.15, -0.1) is 0 Å². The third-order valence-corrected chi connectivity index (χ3v) is 2.23. The van der Waals surface area contributed by atoms with Gasteiger partial charge in [0.2, 0.25) is 0 Å². The van der Waals surface area contributed by atoms with E-state index in [-0.39, 0.29) is 5.92 Å². The van der Waals surface area contributed by atoms with Crippen molar-refractivity contribution in [2.45, 2.75) is 5.92 Å². The van der Waals surface area contributed by atoms with Gasteiger partial charge in [0.1, 0.15) is 11.7 Å². The number of hydrogen-bond donors (Lipinski definition) is 1. The van der Waals surface area contributed by atoms with Crippen LogP contribution < -0.4 is 5.73 Å². The standard InChI is InChI=1S/C12H10N2O/c13-8-11(12-2-1-7-15-12)9-3-5-10(14)6-4-9/h1-7,11H,14H2. The second-order valence-corrected chi connectivity index (χ2v) is 3.24. The van der Waals surface area contributed by atoms with Crippen LogP contribution in [0.3, 0.4) is 0 Å². The topological polar surface area (TPSA) is 63.0 Å². The van der Waals surface area contributed by atoms with E-state index in [2.05, 4.69) is 6.07 Å². The van der Waals surface area contributed by atoms with E-state index in [4.69, 9.17) is 15.4 Å². The molecule has 0 bridgehead atoms. The molecule has 0 saturated carbocycles. The summed E-state index contributed by atoms with van der Waals surface area (Å²) >= 11 is 0. The monoisotopic (exact) mass is 198 g/mol. The van der Waals surface area contributed by atoms with Gasteiger partial charge in [0.05, 0.1) is 12.3 Å². The first-order valence-electron chi connectivity index (χ1n) is 4.59. The van der Waals surface area contributed by atoms with E-state index in [9.17, 15) is 0 Å². The second kappa shape index (κ2) is 3.89. The summed E-state index contributed by atoms with van der Waals surface area (Å²) in [6.45, 7) is 0. The molecule has 2 aromatic rings. The van der Waals surface area contributed by atoms with Gasteiger partial charge in [0, 0.05) is 5.69 Å². The van der Waals surface area contributed by atoms with E-state index in [0.717, 1.165) is 5.56 Å². The number of furan rings is 1. The molecule has 2 N–H and O–H groups in total. The average molecular weight is 198 g/mol. The largest absolute Gasteiger partial charge is 0.468 e. The van der Waals surface area contributed by atoms with Crippen LogP contribution in [-0.4, -0.2) is 0 Å². The minimum absolute atomic E-state index is 0.361. The van der Waals surface area contributed by atoms with Gasteiger partial charge in [0.15, 0.2) is 0 Å². The zero-order chi connectivity index (χ0) is 10.7. The summed E-state index contributed by atoms with van der Waals surface area (Å²) in [5.41, 5.74) is 7.16. The lowest BCUT2D eigenvalue weighted by molar-refractivity contribution is 0.509. The molecule has 3 heteroatoms. The SMILES string of the molecule is N#CC(c1ccc(N)cc1)c1ccco1. The van der Waals surface area contributed by atoms with Crippen LogP contribution in [-0.2, 0) is 0 Å². The summed E-state index contributed by atoms with van der Waals surface area (Å²) < 4.78 is 5.22. The van der Waals surface area contributed by atoms with Gasteiger partial charge in [-0.1, -0.05) is 12.1 Å². The molecule has 1 aromatic carbocycles. The third-order valence-electron chi connectivity index (χ3n) is 2.23. The summed E-state index contributed by atoms with van der Waals surface area (Å²) in [5.74, 6) is 0.294. The van der Waals surface area contributed by atoms with Crippen LogP contribution in [0.25, 0.3) is 0 Å². The Morgan fingerprint density at radius 2 is 1.93 bits per heavy atom. The minimum Gasteiger partial charge on any atom is -0.468 e. The molecule has 1 atom stereocenters. The molecule has 0 aliphatic rings. The van der Waals surface area contributed by atoms with Crippen LogP contribution in [0.15, 0.2) is 47.1 Å². The lowest BCUT2D eigenvalue weighted by Crippen LogP contribution is -1.96. The van der Waals surface area contributed by atoms with Crippen molar-refractivity contribution < 1.29 is 4.42 Å². The Labute approximate surface area is 87.7 Å². The van der Waals surface area contributed by atoms with Gasteiger partial charge >= 0.3 is 0 Å². The number of hydrogen-bond acceptors (Lipinski definition) is 3. The van der Waals surface area contributed by atoms with E-state index in [0.29, 0.717) is 11.4 Å². The molecule has 2 rings (SSSR count). The fourth-order valence-corrected chi connectivity index (χ4v) is 1.45. The first-order chi connectivity index (χ1) is 7.31. The average Bonchev–Trinajstić information content (AvgIpc) is 2.75. The zero-order valence-electron chi connectivity index (χ0n) is 8.05. The van der Waals surface area contributed by atoms with Gasteiger partial charge < -0.3 is 10.2 Å². The smallest absolute Gasteiger partial charge is 0.129 e. The molecule has 3 nitrogen and oxygen atoms in total. The highest BCUT2D eigenvalue weighted by Crippen LogP contribution is 2.24. The number of nitrogen functional groups attached to an aromatic ring is 1. The fourth-order valence-electron chi connectivity index (χ4n) is 1.45. The van der Waals surface area contributed by atoms with Crippen LogP contribution >= 0.6 is 0 Å².